The molecule has 0 bridgehead atoms. The molecule has 9 heteroatoms. The van der Waals surface area contributed by atoms with Gasteiger partial charge in [0.1, 0.15) is 11.9 Å². The smallest absolute Gasteiger partial charge is 0.373 e. The van der Waals surface area contributed by atoms with Gasteiger partial charge in [-0.25, -0.2) is 0 Å². The number of piperazine rings is 1. The SMILES string of the molecule is COc1cccc(N2CCN(c3nc4sccn4c3[N+](=O)[O-])CC2)c1. The van der Waals surface area contributed by atoms with Crippen molar-refractivity contribution >= 4 is 33.6 Å². The van der Waals surface area contributed by atoms with Gasteiger partial charge in [-0.2, -0.15) is 9.38 Å². The summed E-state index contributed by atoms with van der Waals surface area (Å²) >= 11 is 1.40. The zero-order valence-corrected chi connectivity index (χ0v) is 14.5. The third-order valence-corrected chi connectivity index (χ3v) is 5.15. The van der Waals surface area contributed by atoms with Crippen molar-refractivity contribution in [3.05, 3.63) is 46.0 Å². The van der Waals surface area contributed by atoms with E-state index < -0.39 is 0 Å². The van der Waals surface area contributed by atoms with E-state index in [4.69, 9.17) is 4.74 Å². The lowest BCUT2D eigenvalue weighted by Gasteiger charge is -2.36. The molecule has 0 spiro atoms. The third-order valence-electron chi connectivity index (χ3n) is 4.39. The van der Waals surface area contributed by atoms with E-state index in [1.165, 1.54) is 11.3 Å². The van der Waals surface area contributed by atoms with Crippen LogP contribution in [0, 0.1) is 10.1 Å². The van der Waals surface area contributed by atoms with Crippen LogP contribution in [-0.2, 0) is 0 Å². The molecule has 1 aromatic carbocycles. The highest BCUT2D eigenvalue weighted by Crippen LogP contribution is 2.32. The molecule has 8 nitrogen and oxygen atoms in total. The number of aromatic nitrogens is 2. The molecule has 3 heterocycles. The van der Waals surface area contributed by atoms with Crippen molar-refractivity contribution in [3.63, 3.8) is 0 Å². The fraction of sp³-hybridized carbons (Fsp3) is 0.312. The number of methoxy groups -OCH3 is 1. The molecule has 1 aliphatic heterocycles. The van der Waals surface area contributed by atoms with Crippen LogP contribution in [-0.4, -0.2) is 47.6 Å². The van der Waals surface area contributed by atoms with E-state index in [1.54, 1.807) is 23.1 Å². The molecule has 0 amide bonds. The van der Waals surface area contributed by atoms with Crippen molar-refractivity contribution < 1.29 is 9.66 Å². The summed E-state index contributed by atoms with van der Waals surface area (Å²) in [6.07, 6.45) is 1.70. The maximum absolute atomic E-state index is 11.5. The van der Waals surface area contributed by atoms with Gasteiger partial charge in [-0.1, -0.05) is 17.4 Å². The van der Waals surface area contributed by atoms with Crippen molar-refractivity contribution in [1.82, 2.24) is 9.38 Å². The molecule has 25 heavy (non-hydrogen) atoms. The monoisotopic (exact) mass is 359 g/mol. The van der Waals surface area contributed by atoms with Crippen LogP contribution >= 0.6 is 11.3 Å². The van der Waals surface area contributed by atoms with Crippen LogP contribution in [0.3, 0.4) is 0 Å². The minimum absolute atomic E-state index is 0.0473. The summed E-state index contributed by atoms with van der Waals surface area (Å²) in [6, 6.07) is 7.94. The fourth-order valence-corrected chi connectivity index (χ4v) is 3.83. The van der Waals surface area contributed by atoms with Crippen LogP contribution in [0.1, 0.15) is 0 Å². The number of thiazole rings is 1. The number of hydrogen-bond donors (Lipinski definition) is 0. The van der Waals surface area contributed by atoms with Crippen LogP contribution in [0.5, 0.6) is 5.75 Å². The van der Waals surface area contributed by atoms with Crippen molar-refractivity contribution in [3.8, 4) is 5.75 Å². The maximum Gasteiger partial charge on any atom is 0.373 e. The predicted octanol–water partition coefficient (Wildman–Crippen LogP) is 2.64. The number of hydrogen-bond acceptors (Lipinski definition) is 7. The lowest BCUT2D eigenvalue weighted by Crippen LogP contribution is -2.46. The van der Waals surface area contributed by atoms with E-state index in [0.717, 1.165) is 24.5 Å². The van der Waals surface area contributed by atoms with Crippen LogP contribution in [0.15, 0.2) is 35.8 Å². The normalized spacial score (nSPS) is 14.9. The number of ether oxygens (including phenoxy) is 1. The Morgan fingerprint density at radius 3 is 2.72 bits per heavy atom. The minimum Gasteiger partial charge on any atom is -0.497 e. The summed E-state index contributed by atoms with van der Waals surface area (Å²) in [5.41, 5.74) is 1.10. The largest absolute Gasteiger partial charge is 0.497 e. The zero-order valence-electron chi connectivity index (χ0n) is 13.7. The standard InChI is InChI=1S/C16H17N5O3S/c1-24-13-4-2-3-12(11-13)18-5-7-19(8-6-18)14-15(21(22)23)20-9-10-25-16(20)17-14/h2-4,9-11H,5-8H2,1H3. The summed E-state index contributed by atoms with van der Waals surface area (Å²) < 4.78 is 6.83. The summed E-state index contributed by atoms with van der Waals surface area (Å²) in [5.74, 6) is 1.33. The molecule has 130 valence electrons. The van der Waals surface area contributed by atoms with E-state index in [0.29, 0.717) is 23.9 Å². The summed E-state index contributed by atoms with van der Waals surface area (Å²) in [6.45, 7) is 2.91. The molecular weight excluding hydrogens is 342 g/mol. The topological polar surface area (TPSA) is 76.2 Å². The Hall–Kier alpha value is -2.81. The van der Waals surface area contributed by atoms with Crippen molar-refractivity contribution in [2.45, 2.75) is 0 Å². The van der Waals surface area contributed by atoms with Gasteiger partial charge in [0.25, 0.3) is 4.96 Å². The molecule has 1 aliphatic rings. The van der Waals surface area contributed by atoms with Gasteiger partial charge in [0, 0.05) is 43.3 Å². The number of fused-ring (bicyclic) bond motifs is 1. The highest BCUT2D eigenvalue weighted by atomic mass is 32.1. The first kappa shape index (κ1) is 15.7. The van der Waals surface area contributed by atoms with E-state index in [2.05, 4.69) is 9.88 Å². The van der Waals surface area contributed by atoms with Gasteiger partial charge in [0.15, 0.2) is 0 Å². The molecule has 0 radical (unpaired) electrons. The van der Waals surface area contributed by atoms with Crippen molar-refractivity contribution in [2.24, 2.45) is 0 Å². The Morgan fingerprint density at radius 1 is 1.24 bits per heavy atom. The summed E-state index contributed by atoms with van der Waals surface area (Å²) in [7, 11) is 1.65. The second-order valence-corrected chi connectivity index (χ2v) is 6.62. The fourth-order valence-electron chi connectivity index (χ4n) is 3.13. The molecule has 0 saturated carbocycles. The van der Waals surface area contributed by atoms with Gasteiger partial charge in [0.05, 0.1) is 7.11 Å². The molecule has 4 rings (SSSR count). The average Bonchev–Trinajstić information content (AvgIpc) is 3.22. The number of rotatable bonds is 4. The van der Waals surface area contributed by atoms with Crippen LogP contribution in [0.4, 0.5) is 17.3 Å². The van der Waals surface area contributed by atoms with Gasteiger partial charge in [-0.05, 0) is 17.1 Å². The van der Waals surface area contributed by atoms with E-state index in [9.17, 15) is 10.1 Å². The van der Waals surface area contributed by atoms with Gasteiger partial charge >= 0.3 is 5.82 Å². The Balaban J connectivity index is 1.55. The molecule has 1 saturated heterocycles. The number of anilines is 2. The lowest BCUT2D eigenvalue weighted by molar-refractivity contribution is -0.389. The summed E-state index contributed by atoms with van der Waals surface area (Å²) in [4.78, 5) is 20.5. The first-order chi connectivity index (χ1) is 12.2. The second kappa shape index (κ2) is 6.25. The number of nitrogens with zero attached hydrogens (tertiary/aromatic N) is 5. The second-order valence-electron chi connectivity index (χ2n) is 5.75. The number of imidazole rings is 1. The highest BCUT2D eigenvalue weighted by Gasteiger charge is 2.30. The van der Waals surface area contributed by atoms with E-state index in [-0.39, 0.29) is 10.7 Å². The quantitative estimate of drug-likeness (QED) is 0.526. The molecule has 2 aromatic heterocycles. The first-order valence-electron chi connectivity index (χ1n) is 7.91. The van der Waals surface area contributed by atoms with Gasteiger partial charge in [-0.3, -0.25) is 0 Å². The maximum atomic E-state index is 11.5. The highest BCUT2D eigenvalue weighted by molar-refractivity contribution is 7.15. The minimum atomic E-state index is -0.351. The van der Waals surface area contributed by atoms with Crippen molar-refractivity contribution in [1.29, 1.82) is 0 Å². The van der Waals surface area contributed by atoms with Crippen molar-refractivity contribution in [2.75, 3.05) is 43.1 Å². The van der Waals surface area contributed by atoms with Crippen LogP contribution < -0.4 is 14.5 Å². The molecule has 1 fully saturated rings. The van der Waals surface area contributed by atoms with E-state index >= 15 is 0 Å². The molecular formula is C16H17N5O3S. The van der Waals surface area contributed by atoms with Gasteiger partial charge in [0.2, 0.25) is 5.82 Å². The molecule has 0 aliphatic carbocycles. The van der Waals surface area contributed by atoms with Gasteiger partial charge < -0.3 is 24.7 Å². The molecule has 0 unspecified atom stereocenters. The summed E-state index contributed by atoms with van der Waals surface area (Å²) in [5, 5.41) is 13.3. The predicted molar refractivity (Wildman–Crippen MR) is 97.1 cm³/mol. The molecule has 0 atom stereocenters. The molecule has 0 N–H and O–H groups in total. The Labute approximate surface area is 148 Å². The Morgan fingerprint density at radius 2 is 2.00 bits per heavy atom. The lowest BCUT2D eigenvalue weighted by atomic mass is 10.2. The third kappa shape index (κ3) is 2.76. The van der Waals surface area contributed by atoms with Crippen LogP contribution in [0.25, 0.3) is 4.96 Å². The van der Waals surface area contributed by atoms with Crippen LogP contribution in [0.2, 0.25) is 0 Å². The number of nitro groups is 1. The Bertz CT molecular complexity index is 914. The van der Waals surface area contributed by atoms with E-state index in [1.807, 2.05) is 29.2 Å². The van der Waals surface area contributed by atoms with Gasteiger partial charge in [-0.15, -0.1) is 0 Å². The zero-order chi connectivity index (χ0) is 17.4. The first-order valence-corrected chi connectivity index (χ1v) is 8.79. The number of benzene rings is 1. The Kier molecular flexibility index (Phi) is 3.92. The molecule has 3 aromatic rings. The average molecular weight is 359 g/mol.